The number of carbonyl (C=O) groups excluding carboxylic acids is 4. The van der Waals surface area contributed by atoms with E-state index in [9.17, 15) is 37.4 Å². The molecule has 15 heteroatoms. The number of nitrogens with zero attached hydrogens (tertiary/aromatic N) is 2. The number of fused-ring (bicyclic) bond motifs is 1. The Morgan fingerprint density at radius 3 is 2.58 bits per heavy atom. The number of ether oxygens (including phenoxy) is 1. The number of benzene rings is 2. The van der Waals surface area contributed by atoms with Gasteiger partial charge in [-0.05, 0) is 39.0 Å². The van der Waals surface area contributed by atoms with Crippen LogP contribution >= 0.6 is 19.2 Å². The van der Waals surface area contributed by atoms with Gasteiger partial charge in [-0.25, -0.2) is 8.78 Å². The molecule has 3 aromatic rings. The lowest BCUT2D eigenvalue weighted by Crippen LogP contribution is -2.46. The van der Waals surface area contributed by atoms with E-state index in [2.05, 4.69) is 5.32 Å². The molecule has 2 aromatic carbocycles. The number of amides is 2. The van der Waals surface area contributed by atoms with Gasteiger partial charge in [0.2, 0.25) is 11.8 Å². The summed E-state index contributed by atoms with van der Waals surface area (Å²) in [7, 11) is -3.31. The largest absolute Gasteiger partial charge is 0.469 e. The molecule has 1 fully saturated rings. The minimum atomic E-state index is -4.50. The maximum atomic E-state index is 14.5. The maximum absolute atomic E-state index is 14.5. The Morgan fingerprint density at radius 2 is 1.91 bits per heavy atom. The summed E-state index contributed by atoms with van der Waals surface area (Å²) in [6.45, 7) is 2.84. The first kappa shape index (κ1) is 34.2. The Balaban J connectivity index is 1.57. The molecule has 0 radical (unpaired) electrons. The second kappa shape index (κ2) is 13.4. The van der Waals surface area contributed by atoms with Gasteiger partial charge in [0.05, 0.1) is 41.5 Å². The zero-order valence-electron chi connectivity index (χ0n) is 25.0. The third-order valence-corrected chi connectivity index (χ3v) is 9.27. The fraction of sp³-hybridized carbons (Fsp3) is 0.400. The Bertz CT molecular complexity index is 1710. The lowest BCUT2D eigenvalue weighted by atomic mass is 9.95. The number of alkyl halides is 1. The molecule has 2 heterocycles. The average molecular weight is 668 g/mol. The molecule has 1 saturated heterocycles. The van der Waals surface area contributed by atoms with Gasteiger partial charge in [0.1, 0.15) is 24.6 Å². The number of nitrogens with one attached hydrogen (secondary N) is 1. The zero-order valence-corrected chi connectivity index (χ0v) is 26.7. The highest BCUT2D eigenvalue weighted by molar-refractivity contribution is 7.61. The van der Waals surface area contributed by atoms with Gasteiger partial charge < -0.3 is 28.9 Å². The summed E-state index contributed by atoms with van der Waals surface area (Å²) in [4.78, 5) is 62.7. The number of hydrogen-bond acceptors (Lipinski definition) is 7. The van der Waals surface area contributed by atoms with Crippen molar-refractivity contribution in [3.8, 4) is 0 Å². The summed E-state index contributed by atoms with van der Waals surface area (Å²) >= 11 is 5.80. The number of Topliss-reactive ketones (excluding diaryl/α,β-unsaturated/α-hetero) is 1. The Labute approximate surface area is 262 Å². The first-order chi connectivity index (χ1) is 21.1. The molecule has 1 aliphatic rings. The monoisotopic (exact) mass is 667 g/mol. The number of methoxy groups -OCH3 is 1. The molecule has 2 N–H and O–H groups in total. The zero-order chi connectivity index (χ0) is 33.3. The Hall–Kier alpha value is -3.64. The summed E-state index contributed by atoms with van der Waals surface area (Å²) in [5.41, 5.74) is -0.633. The van der Waals surface area contributed by atoms with Crippen molar-refractivity contribution in [1.82, 2.24) is 14.8 Å². The predicted molar refractivity (Wildman–Crippen MR) is 161 cm³/mol. The van der Waals surface area contributed by atoms with E-state index in [4.69, 9.17) is 20.9 Å². The fourth-order valence-electron chi connectivity index (χ4n) is 5.06. The van der Waals surface area contributed by atoms with E-state index in [0.717, 1.165) is 4.90 Å². The van der Waals surface area contributed by atoms with Gasteiger partial charge in [-0.2, -0.15) is 0 Å². The van der Waals surface area contributed by atoms with Crippen LogP contribution in [0.1, 0.15) is 43.1 Å². The smallest absolute Gasteiger partial charge is 0.358 e. The Morgan fingerprint density at radius 1 is 1.20 bits per heavy atom. The maximum Gasteiger partial charge on any atom is 0.358 e. The molecule has 1 unspecified atom stereocenters. The molecule has 45 heavy (non-hydrogen) atoms. The third-order valence-electron chi connectivity index (χ3n) is 7.57. The van der Waals surface area contributed by atoms with Crippen molar-refractivity contribution < 1.29 is 46.7 Å². The molecular weight excluding hydrogens is 635 g/mol. The van der Waals surface area contributed by atoms with Crippen LogP contribution in [-0.4, -0.2) is 70.4 Å². The van der Waals surface area contributed by atoms with Crippen LogP contribution in [0.5, 0.6) is 0 Å². The summed E-state index contributed by atoms with van der Waals surface area (Å²) < 4.78 is 53.3. The van der Waals surface area contributed by atoms with Crippen LogP contribution in [0.3, 0.4) is 0 Å². The van der Waals surface area contributed by atoms with Crippen molar-refractivity contribution in [3.63, 3.8) is 0 Å². The van der Waals surface area contributed by atoms with Gasteiger partial charge in [0.15, 0.2) is 5.78 Å². The highest BCUT2D eigenvalue weighted by Gasteiger charge is 2.40. The van der Waals surface area contributed by atoms with Gasteiger partial charge in [0.25, 0.3) is 0 Å². The molecule has 1 aliphatic heterocycles. The number of aromatic nitrogens is 1. The van der Waals surface area contributed by atoms with Crippen LogP contribution in [0.25, 0.3) is 10.9 Å². The van der Waals surface area contributed by atoms with Crippen LogP contribution < -0.4 is 10.6 Å². The van der Waals surface area contributed by atoms with Crippen LogP contribution in [0.2, 0.25) is 5.02 Å². The molecule has 0 saturated carbocycles. The molecule has 242 valence electrons. The second-order valence-electron chi connectivity index (χ2n) is 11.4. The summed E-state index contributed by atoms with van der Waals surface area (Å²) in [6.07, 6.45) is -0.351. The van der Waals surface area contributed by atoms with Crippen LogP contribution in [-0.2, 0) is 41.3 Å². The molecule has 0 aliphatic carbocycles. The van der Waals surface area contributed by atoms with Crippen molar-refractivity contribution in [1.29, 1.82) is 0 Å². The van der Waals surface area contributed by atoms with E-state index >= 15 is 0 Å². The second-order valence-corrected chi connectivity index (χ2v) is 13.6. The summed E-state index contributed by atoms with van der Waals surface area (Å²) in [6, 6.07) is 7.18. The van der Waals surface area contributed by atoms with Gasteiger partial charge in [-0.1, -0.05) is 29.8 Å². The minimum absolute atomic E-state index is 0.119. The van der Waals surface area contributed by atoms with Crippen LogP contribution in [0.4, 0.5) is 8.78 Å². The van der Waals surface area contributed by atoms with E-state index in [1.807, 2.05) is 0 Å². The van der Waals surface area contributed by atoms with Crippen LogP contribution in [0, 0.1) is 11.2 Å². The van der Waals surface area contributed by atoms with Crippen molar-refractivity contribution in [2.75, 3.05) is 20.3 Å². The average Bonchev–Trinajstić information content (AvgIpc) is 3.56. The Kier molecular flexibility index (Phi) is 10.2. The summed E-state index contributed by atoms with van der Waals surface area (Å²) in [5.74, 6) is -3.01. The third kappa shape index (κ3) is 7.44. The first-order valence-electron chi connectivity index (χ1n) is 13.9. The molecule has 4 rings (SSSR count). The van der Waals surface area contributed by atoms with Crippen molar-refractivity contribution >= 4 is 59.0 Å². The molecule has 11 nitrogen and oxygen atoms in total. The molecule has 0 spiro atoms. The van der Waals surface area contributed by atoms with Gasteiger partial charge in [-0.3, -0.25) is 23.7 Å². The van der Waals surface area contributed by atoms with Gasteiger partial charge in [-0.15, -0.1) is 0 Å². The van der Waals surface area contributed by atoms with Gasteiger partial charge in [0, 0.05) is 35.7 Å². The lowest BCUT2D eigenvalue weighted by molar-refractivity contribution is -0.152. The fourth-order valence-corrected chi connectivity index (χ4v) is 6.45. The molecule has 3 atom stereocenters. The topological polar surface area (TPSA) is 144 Å². The van der Waals surface area contributed by atoms with E-state index in [1.165, 1.54) is 75.0 Å². The first-order valence-corrected chi connectivity index (χ1v) is 15.9. The highest BCUT2D eigenvalue weighted by atomic mass is 35.5. The molecular formula is C30H33ClF2N3O8P. The van der Waals surface area contributed by atoms with Crippen molar-refractivity contribution in [3.05, 3.63) is 64.6 Å². The number of hydrogen-bond donors (Lipinski definition) is 2. The number of esters is 1. The highest BCUT2D eigenvalue weighted by Crippen LogP contribution is 2.43. The van der Waals surface area contributed by atoms with Gasteiger partial charge >= 0.3 is 13.6 Å². The standard InChI is InChI=1S/C30H33ClF2N3O8P/c1-17(37)22-14-35(24-11-20(8-9-21(22)24)45(41,42)44-16-30(2,3)29(40)43-4)15-26(38)36-13-19(32)10-25(36)28(39)34-12-18-6-5-7-23(31)27(18)33/h5-9,11,14,19,25H,10,12-13,15-16H2,1-4H3,(H,34,39)(H,41,42)/t19-,25+/m1/s1. The van der Waals surface area contributed by atoms with Crippen molar-refractivity contribution in [2.24, 2.45) is 5.41 Å². The molecule has 2 amide bonds. The van der Waals surface area contributed by atoms with Crippen LogP contribution in [0.15, 0.2) is 42.6 Å². The molecule has 1 aromatic heterocycles. The predicted octanol–water partition coefficient (Wildman–Crippen LogP) is 3.92. The lowest BCUT2D eigenvalue weighted by Gasteiger charge is -2.24. The number of rotatable bonds is 11. The quantitative estimate of drug-likeness (QED) is 0.178. The number of likely N-dealkylation sites (tertiary alicyclic amines) is 1. The van der Waals surface area contributed by atoms with E-state index in [1.54, 1.807) is 0 Å². The van der Waals surface area contributed by atoms with E-state index in [0.29, 0.717) is 5.39 Å². The normalized spacial score (nSPS) is 18.1. The molecule has 0 bridgehead atoms. The van der Waals surface area contributed by atoms with Crippen molar-refractivity contribution in [2.45, 2.75) is 52.5 Å². The van der Waals surface area contributed by atoms with E-state index in [-0.39, 0.29) is 52.3 Å². The SMILES string of the molecule is COC(=O)C(C)(C)COP(=O)(O)c1ccc2c(C(C)=O)cn(CC(=O)N3C[C@H](F)C[C@H]3C(=O)NCc3cccc(Cl)c3F)c2c1. The summed E-state index contributed by atoms with van der Waals surface area (Å²) in [5, 5.41) is 2.64. The number of carbonyl (C=O) groups is 4. The minimum Gasteiger partial charge on any atom is -0.469 e. The number of ketones is 1. The number of halogens is 3. The van der Waals surface area contributed by atoms with E-state index < -0.39 is 62.0 Å².